The van der Waals surface area contributed by atoms with Crippen LogP contribution in [0.15, 0.2) is 22.7 Å². The summed E-state index contributed by atoms with van der Waals surface area (Å²) in [5, 5.41) is 0. The van der Waals surface area contributed by atoms with Crippen LogP contribution in [0.25, 0.3) is 0 Å². The number of hydrogen-bond acceptors (Lipinski definition) is 2. The van der Waals surface area contributed by atoms with E-state index in [-0.39, 0.29) is 5.78 Å². The van der Waals surface area contributed by atoms with Crippen LogP contribution in [0.4, 0.5) is 5.69 Å². The highest BCUT2D eigenvalue weighted by molar-refractivity contribution is 9.10. The van der Waals surface area contributed by atoms with Gasteiger partial charge in [0.25, 0.3) is 0 Å². The van der Waals surface area contributed by atoms with E-state index in [0.717, 1.165) is 23.7 Å². The number of ketones is 1. The number of anilines is 1. The Morgan fingerprint density at radius 3 is 2.80 bits per heavy atom. The number of rotatable bonds is 5. The van der Waals surface area contributed by atoms with E-state index in [2.05, 4.69) is 22.9 Å². The lowest BCUT2D eigenvalue weighted by molar-refractivity contribution is 0.0980. The molecule has 0 atom stereocenters. The van der Waals surface area contributed by atoms with Crippen LogP contribution >= 0.6 is 15.9 Å². The summed E-state index contributed by atoms with van der Waals surface area (Å²) in [5.74, 6) is 0.141. The van der Waals surface area contributed by atoms with E-state index in [1.165, 1.54) is 0 Å². The lowest BCUT2D eigenvalue weighted by Crippen LogP contribution is -2.03. The van der Waals surface area contributed by atoms with Crippen molar-refractivity contribution in [3.63, 3.8) is 0 Å². The quantitative estimate of drug-likeness (QED) is 0.502. The summed E-state index contributed by atoms with van der Waals surface area (Å²) in [6.07, 6.45) is 3.76. The van der Waals surface area contributed by atoms with Crippen LogP contribution in [0.1, 0.15) is 43.0 Å². The molecule has 15 heavy (non-hydrogen) atoms. The number of halogens is 1. The van der Waals surface area contributed by atoms with E-state index in [4.69, 9.17) is 5.73 Å². The van der Waals surface area contributed by atoms with Gasteiger partial charge in [-0.05, 0) is 24.6 Å². The van der Waals surface area contributed by atoms with Crippen molar-refractivity contribution in [2.45, 2.75) is 32.6 Å². The maximum Gasteiger partial charge on any atom is 0.164 e. The molecule has 0 spiro atoms. The normalized spacial score (nSPS) is 10.3. The maximum absolute atomic E-state index is 11.8. The van der Waals surface area contributed by atoms with Crippen molar-refractivity contribution in [3.8, 4) is 0 Å². The largest absolute Gasteiger partial charge is 0.398 e. The first-order chi connectivity index (χ1) is 7.15. The molecule has 0 aromatic heterocycles. The molecule has 0 unspecified atom stereocenters. The zero-order valence-electron chi connectivity index (χ0n) is 8.92. The number of carbonyl (C=O) groups is 1. The van der Waals surface area contributed by atoms with E-state index in [9.17, 15) is 4.79 Å². The van der Waals surface area contributed by atoms with Gasteiger partial charge in [-0.2, -0.15) is 0 Å². The molecule has 0 aliphatic rings. The molecule has 0 amide bonds. The molecule has 0 aliphatic carbocycles. The highest BCUT2D eigenvalue weighted by atomic mass is 79.9. The Morgan fingerprint density at radius 2 is 2.13 bits per heavy atom. The van der Waals surface area contributed by atoms with Gasteiger partial charge in [0.2, 0.25) is 0 Å². The molecular weight excluding hydrogens is 254 g/mol. The van der Waals surface area contributed by atoms with Gasteiger partial charge in [-0.15, -0.1) is 0 Å². The van der Waals surface area contributed by atoms with Gasteiger partial charge in [0.15, 0.2) is 5.78 Å². The fourth-order valence-electron chi connectivity index (χ4n) is 1.44. The number of unbranched alkanes of at least 4 members (excludes halogenated alkanes) is 2. The van der Waals surface area contributed by atoms with E-state index in [0.29, 0.717) is 17.7 Å². The Kier molecular flexibility index (Phi) is 4.82. The number of benzene rings is 1. The van der Waals surface area contributed by atoms with Crippen molar-refractivity contribution >= 4 is 27.4 Å². The van der Waals surface area contributed by atoms with Gasteiger partial charge in [0, 0.05) is 22.1 Å². The number of carbonyl (C=O) groups excluding carboxylic acids is 1. The predicted octanol–water partition coefficient (Wildman–Crippen LogP) is 3.79. The van der Waals surface area contributed by atoms with Crippen molar-refractivity contribution < 1.29 is 4.79 Å². The molecule has 2 nitrogen and oxygen atoms in total. The summed E-state index contributed by atoms with van der Waals surface area (Å²) < 4.78 is 0.899. The summed E-state index contributed by atoms with van der Waals surface area (Å²) in [7, 11) is 0. The van der Waals surface area contributed by atoms with Crippen LogP contribution in [0.2, 0.25) is 0 Å². The predicted molar refractivity (Wildman–Crippen MR) is 67.0 cm³/mol. The minimum Gasteiger partial charge on any atom is -0.398 e. The molecule has 3 heteroatoms. The van der Waals surface area contributed by atoms with Crippen molar-refractivity contribution in [1.29, 1.82) is 0 Å². The van der Waals surface area contributed by atoms with Crippen molar-refractivity contribution in [2.24, 2.45) is 0 Å². The maximum atomic E-state index is 11.8. The summed E-state index contributed by atoms with van der Waals surface area (Å²) in [6, 6.07) is 5.40. The monoisotopic (exact) mass is 269 g/mol. The summed E-state index contributed by atoms with van der Waals surface area (Å²) in [4.78, 5) is 11.8. The van der Waals surface area contributed by atoms with Crippen LogP contribution in [-0.4, -0.2) is 5.78 Å². The van der Waals surface area contributed by atoms with Gasteiger partial charge in [-0.3, -0.25) is 4.79 Å². The van der Waals surface area contributed by atoms with Gasteiger partial charge in [-0.25, -0.2) is 0 Å². The molecule has 0 radical (unpaired) electrons. The number of nitrogens with two attached hydrogens (primary N) is 1. The van der Waals surface area contributed by atoms with Crippen LogP contribution < -0.4 is 5.73 Å². The van der Waals surface area contributed by atoms with Gasteiger partial charge < -0.3 is 5.73 Å². The molecule has 1 aromatic carbocycles. The van der Waals surface area contributed by atoms with Crippen LogP contribution in [0.3, 0.4) is 0 Å². The number of nitrogen functional groups attached to an aromatic ring is 1. The van der Waals surface area contributed by atoms with Gasteiger partial charge >= 0.3 is 0 Å². The third-order valence-electron chi connectivity index (χ3n) is 2.32. The lowest BCUT2D eigenvalue weighted by Gasteiger charge is -2.05. The molecule has 0 saturated heterocycles. The molecular formula is C12H16BrNO. The van der Waals surface area contributed by atoms with Crippen molar-refractivity contribution in [1.82, 2.24) is 0 Å². The standard InChI is InChI=1S/C12H16BrNO/c1-2-3-4-5-12(15)10-8-9(13)6-7-11(10)14/h6-8H,2-5,14H2,1H3. The van der Waals surface area contributed by atoms with Gasteiger partial charge in [0.05, 0.1) is 0 Å². The smallest absolute Gasteiger partial charge is 0.164 e. The highest BCUT2D eigenvalue weighted by Crippen LogP contribution is 2.20. The lowest BCUT2D eigenvalue weighted by atomic mass is 10.0. The fraction of sp³-hybridized carbons (Fsp3) is 0.417. The zero-order valence-corrected chi connectivity index (χ0v) is 10.5. The third kappa shape index (κ3) is 3.67. The number of hydrogen-bond donors (Lipinski definition) is 1. The van der Waals surface area contributed by atoms with Crippen molar-refractivity contribution in [2.75, 3.05) is 5.73 Å². The first-order valence-electron chi connectivity index (χ1n) is 5.23. The summed E-state index contributed by atoms with van der Waals surface area (Å²) >= 11 is 3.34. The molecule has 0 heterocycles. The first-order valence-corrected chi connectivity index (χ1v) is 6.02. The summed E-state index contributed by atoms with van der Waals surface area (Å²) in [6.45, 7) is 2.12. The minimum atomic E-state index is 0.141. The SMILES string of the molecule is CCCCCC(=O)c1cc(Br)ccc1N. The fourth-order valence-corrected chi connectivity index (χ4v) is 1.80. The van der Waals surface area contributed by atoms with E-state index in [1.807, 2.05) is 6.07 Å². The molecule has 1 rings (SSSR count). The first kappa shape index (κ1) is 12.2. The third-order valence-corrected chi connectivity index (χ3v) is 2.82. The molecule has 1 aromatic rings. The minimum absolute atomic E-state index is 0.141. The zero-order chi connectivity index (χ0) is 11.3. The van der Waals surface area contributed by atoms with Crippen LogP contribution in [0.5, 0.6) is 0 Å². The molecule has 82 valence electrons. The Morgan fingerprint density at radius 1 is 1.40 bits per heavy atom. The second-order valence-electron chi connectivity index (χ2n) is 3.61. The average molecular weight is 270 g/mol. The topological polar surface area (TPSA) is 43.1 Å². The molecule has 0 saturated carbocycles. The Bertz CT molecular complexity index is 349. The van der Waals surface area contributed by atoms with Gasteiger partial charge in [0.1, 0.15) is 0 Å². The van der Waals surface area contributed by atoms with E-state index in [1.54, 1.807) is 12.1 Å². The molecule has 2 N–H and O–H groups in total. The Labute approximate surface area is 99.0 Å². The Hall–Kier alpha value is -0.830. The van der Waals surface area contributed by atoms with E-state index >= 15 is 0 Å². The van der Waals surface area contributed by atoms with E-state index < -0.39 is 0 Å². The van der Waals surface area contributed by atoms with Crippen LogP contribution in [0, 0.1) is 0 Å². The molecule has 0 aliphatic heterocycles. The second kappa shape index (κ2) is 5.91. The molecule has 0 fully saturated rings. The average Bonchev–Trinajstić information content (AvgIpc) is 2.22. The molecule has 0 bridgehead atoms. The summed E-state index contributed by atoms with van der Waals surface area (Å²) in [5.41, 5.74) is 6.96. The Balaban J connectivity index is 2.68. The van der Waals surface area contributed by atoms with Crippen LogP contribution in [-0.2, 0) is 0 Å². The van der Waals surface area contributed by atoms with Crippen molar-refractivity contribution in [3.05, 3.63) is 28.2 Å². The van der Waals surface area contributed by atoms with Gasteiger partial charge in [-0.1, -0.05) is 35.7 Å². The second-order valence-corrected chi connectivity index (χ2v) is 4.53. The number of Topliss-reactive ketones (excluding diaryl/α,β-unsaturated/α-hetero) is 1. The highest BCUT2D eigenvalue weighted by Gasteiger charge is 2.09.